The van der Waals surface area contributed by atoms with E-state index in [0.29, 0.717) is 25.7 Å². The highest BCUT2D eigenvalue weighted by Crippen LogP contribution is 2.28. The smallest absolute Gasteiger partial charge is 0.410 e. The number of aliphatic imine (C=N–C) groups is 1. The molecule has 1 aromatic heterocycles. The number of thiophene rings is 1. The number of ether oxygens (including phenoxy) is 1. The molecule has 1 aromatic rings. The van der Waals surface area contributed by atoms with Crippen molar-refractivity contribution < 1.29 is 9.53 Å². The molecular formula is C18H30N4O2S. The Morgan fingerprint density at radius 3 is 2.72 bits per heavy atom. The molecule has 1 aliphatic rings. The first-order valence-corrected chi connectivity index (χ1v) is 9.86. The highest BCUT2D eigenvalue weighted by molar-refractivity contribution is 7.07. The van der Waals surface area contributed by atoms with Gasteiger partial charge in [-0.2, -0.15) is 11.3 Å². The van der Waals surface area contributed by atoms with E-state index >= 15 is 0 Å². The Morgan fingerprint density at radius 1 is 1.40 bits per heavy atom. The number of amides is 1. The second kappa shape index (κ2) is 9.08. The minimum Gasteiger partial charge on any atom is -0.444 e. The fraction of sp³-hybridized carbons (Fsp3) is 0.667. The minimum absolute atomic E-state index is 0.225. The SMILES string of the molecule is CCNC(=NCc1ccsc1)NCCN(C(=O)OC(C)(C)C)C1CC1. The molecular weight excluding hydrogens is 336 g/mol. The summed E-state index contributed by atoms with van der Waals surface area (Å²) in [6.07, 6.45) is 1.90. The Bertz CT molecular complexity index is 562. The van der Waals surface area contributed by atoms with Gasteiger partial charge in [0.2, 0.25) is 0 Å². The number of hydrogen-bond donors (Lipinski definition) is 2. The lowest BCUT2D eigenvalue weighted by Gasteiger charge is -2.27. The van der Waals surface area contributed by atoms with Crippen LogP contribution in [0.5, 0.6) is 0 Å². The summed E-state index contributed by atoms with van der Waals surface area (Å²) in [5.41, 5.74) is 0.741. The highest BCUT2D eigenvalue weighted by atomic mass is 32.1. The van der Waals surface area contributed by atoms with Crippen molar-refractivity contribution in [3.05, 3.63) is 22.4 Å². The molecule has 7 heteroatoms. The van der Waals surface area contributed by atoms with Gasteiger partial charge in [-0.05, 0) is 62.9 Å². The van der Waals surface area contributed by atoms with Gasteiger partial charge < -0.3 is 20.3 Å². The van der Waals surface area contributed by atoms with Gasteiger partial charge in [0.05, 0.1) is 6.54 Å². The molecule has 0 bridgehead atoms. The van der Waals surface area contributed by atoms with E-state index < -0.39 is 5.60 Å². The van der Waals surface area contributed by atoms with Crippen molar-refractivity contribution in [1.82, 2.24) is 15.5 Å². The molecule has 0 spiro atoms. The van der Waals surface area contributed by atoms with E-state index in [1.54, 1.807) is 11.3 Å². The van der Waals surface area contributed by atoms with E-state index in [-0.39, 0.29) is 6.09 Å². The number of hydrogen-bond acceptors (Lipinski definition) is 4. The van der Waals surface area contributed by atoms with Gasteiger partial charge in [-0.1, -0.05) is 0 Å². The van der Waals surface area contributed by atoms with Gasteiger partial charge >= 0.3 is 6.09 Å². The third-order valence-corrected chi connectivity index (χ3v) is 4.34. The van der Waals surface area contributed by atoms with Crippen LogP contribution in [0.2, 0.25) is 0 Å². The molecule has 1 amide bonds. The second-order valence-electron chi connectivity index (χ2n) is 7.16. The minimum atomic E-state index is -0.464. The van der Waals surface area contributed by atoms with Gasteiger partial charge in [-0.3, -0.25) is 0 Å². The first-order chi connectivity index (χ1) is 11.9. The van der Waals surface area contributed by atoms with Crippen molar-refractivity contribution in [2.75, 3.05) is 19.6 Å². The van der Waals surface area contributed by atoms with Gasteiger partial charge in [0, 0.05) is 25.7 Å². The summed E-state index contributed by atoms with van der Waals surface area (Å²) in [6.45, 7) is 10.4. The first-order valence-electron chi connectivity index (χ1n) is 8.92. The zero-order valence-electron chi connectivity index (χ0n) is 15.7. The fourth-order valence-corrected chi connectivity index (χ4v) is 2.98. The van der Waals surface area contributed by atoms with Crippen LogP contribution in [0.4, 0.5) is 4.79 Å². The molecule has 0 aromatic carbocycles. The summed E-state index contributed by atoms with van der Waals surface area (Å²) < 4.78 is 5.52. The first kappa shape index (κ1) is 19.6. The molecule has 1 fully saturated rings. The molecule has 2 N–H and O–H groups in total. The topological polar surface area (TPSA) is 66.0 Å². The molecule has 25 heavy (non-hydrogen) atoms. The van der Waals surface area contributed by atoms with E-state index in [2.05, 4.69) is 32.5 Å². The van der Waals surface area contributed by atoms with E-state index in [9.17, 15) is 4.79 Å². The maximum Gasteiger partial charge on any atom is 0.410 e. The number of guanidine groups is 1. The molecule has 6 nitrogen and oxygen atoms in total. The quantitative estimate of drug-likeness (QED) is 0.574. The summed E-state index contributed by atoms with van der Waals surface area (Å²) in [6, 6.07) is 2.40. The monoisotopic (exact) mass is 366 g/mol. The zero-order chi connectivity index (χ0) is 18.3. The lowest BCUT2D eigenvalue weighted by molar-refractivity contribution is 0.0238. The van der Waals surface area contributed by atoms with Crippen LogP contribution in [0, 0.1) is 0 Å². The van der Waals surface area contributed by atoms with Crippen LogP contribution in [0.15, 0.2) is 21.8 Å². The summed E-state index contributed by atoms with van der Waals surface area (Å²) in [5, 5.41) is 10.7. The maximum atomic E-state index is 12.4. The van der Waals surface area contributed by atoms with Crippen LogP contribution in [0.1, 0.15) is 46.1 Å². The van der Waals surface area contributed by atoms with Crippen LogP contribution in [-0.4, -0.2) is 48.2 Å². The standard InChI is InChI=1S/C18H30N4O2S/c1-5-19-16(21-12-14-8-11-25-13-14)20-9-10-22(15-6-7-15)17(23)24-18(2,3)4/h8,11,13,15H,5-7,9-10,12H2,1-4H3,(H2,19,20,21). The van der Waals surface area contributed by atoms with Crippen LogP contribution < -0.4 is 10.6 Å². The van der Waals surface area contributed by atoms with Crippen molar-refractivity contribution in [3.63, 3.8) is 0 Å². The van der Waals surface area contributed by atoms with E-state index in [0.717, 1.165) is 25.3 Å². The Labute approximate surface area is 154 Å². The number of nitrogens with one attached hydrogen (secondary N) is 2. The van der Waals surface area contributed by atoms with Crippen LogP contribution >= 0.6 is 11.3 Å². The molecule has 0 atom stereocenters. The van der Waals surface area contributed by atoms with Crippen LogP contribution in [-0.2, 0) is 11.3 Å². The van der Waals surface area contributed by atoms with Crippen LogP contribution in [0.3, 0.4) is 0 Å². The second-order valence-corrected chi connectivity index (χ2v) is 7.94. The fourth-order valence-electron chi connectivity index (χ4n) is 2.32. The lowest BCUT2D eigenvalue weighted by atomic mass is 10.2. The highest BCUT2D eigenvalue weighted by Gasteiger charge is 2.34. The lowest BCUT2D eigenvalue weighted by Crippen LogP contribution is -2.45. The number of rotatable bonds is 7. The number of nitrogens with zero attached hydrogens (tertiary/aromatic N) is 2. The van der Waals surface area contributed by atoms with E-state index in [1.807, 2.05) is 32.6 Å². The number of carbonyl (C=O) groups is 1. The van der Waals surface area contributed by atoms with Crippen molar-refractivity contribution in [1.29, 1.82) is 0 Å². The summed E-state index contributed by atoms with van der Waals surface area (Å²) in [5.74, 6) is 0.772. The van der Waals surface area contributed by atoms with E-state index in [1.165, 1.54) is 5.56 Å². The molecule has 0 saturated heterocycles. The molecule has 1 aliphatic carbocycles. The van der Waals surface area contributed by atoms with E-state index in [4.69, 9.17) is 4.74 Å². The molecule has 1 saturated carbocycles. The number of carbonyl (C=O) groups excluding carboxylic acids is 1. The van der Waals surface area contributed by atoms with Crippen molar-refractivity contribution in [2.45, 2.75) is 58.7 Å². The van der Waals surface area contributed by atoms with Crippen molar-refractivity contribution >= 4 is 23.4 Å². The molecule has 0 radical (unpaired) electrons. The Balaban J connectivity index is 1.83. The Hall–Kier alpha value is -1.76. The largest absolute Gasteiger partial charge is 0.444 e. The van der Waals surface area contributed by atoms with Gasteiger partial charge in [-0.25, -0.2) is 9.79 Å². The molecule has 1 heterocycles. The predicted molar refractivity (Wildman–Crippen MR) is 103 cm³/mol. The zero-order valence-corrected chi connectivity index (χ0v) is 16.5. The average Bonchev–Trinajstić information content (AvgIpc) is 3.22. The molecule has 2 rings (SSSR count). The predicted octanol–water partition coefficient (Wildman–Crippen LogP) is 3.20. The Morgan fingerprint density at radius 2 is 2.16 bits per heavy atom. The summed E-state index contributed by atoms with van der Waals surface area (Å²) >= 11 is 1.68. The summed E-state index contributed by atoms with van der Waals surface area (Å²) in [4.78, 5) is 18.8. The normalized spacial score (nSPS) is 15.0. The van der Waals surface area contributed by atoms with Gasteiger partial charge in [0.15, 0.2) is 5.96 Å². The third kappa shape index (κ3) is 7.34. The molecule has 0 unspecified atom stereocenters. The average molecular weight is 367 g/mol. The van der Waals surface area contributed by atoms with Gasteiger partial charge in [0.1, 0.15) is 5.60 Å². The third-order valence-electron chi connectivity index (χ3n) is 3.60. The Kier molecular flexibility index (Phi) is 7.11. The van der Waals surface area contributed by atoms with Gasteiger partial charge in [-0.15, -0.1) is 0 Å². The molecule has 140 valence electrons. The summed E-state index contributed by atoms with van der Waals surface area (Å²) in [7, 11) is 0. The molecule has 0 aliphatic heterocycles. The van der Waals surface area contributed by atoms with Crippen molar-refractivity contribution in [3.8, 4) is 0 Å². The van der Waals surface area contributed by atoms with Crippen LogP contribution in [0.25, 0.3) is 0 Å². The van der Waals surface area contributed by atoms with Gasteiger partial charge in [0.25, 0.3) is 0 Å². The maximum absolute atomic E-state index is 12.4. The van der Waals surface area contributed by atoms with Crippen molar-refractivity contribution in [2.24, 2.45) is 4.99 Å².